The molecule has 2 rings (SSSR count). The smallest absolute Gasteiger partial charge is 0.303 e. The van der Waals surface area contributed by atoms with Crippen LogP contribution in [-0.4, -0.2) is 53.2 Å². The molecule has 1 aromatic carbocycles. The molecule has 0 saturated carbocycles. The number of thioether (sulfide) groups is 1. The summed E-state index contributed by atoms with van der Waals surface area (Å²) in [6, 6.07) is 7.24. The van der Waals surface area contributed by atoms with E-state index in [1.54, 1.807) is 12.1 Å². The third-order valence-corrected chi connectivity index (χ3v) is 5.10. The number of carbonyl (C=O) groups excluding carboxylic acids is 2. The first kappa shape index (κ1) is 19.3. The van der Waals surface area contributed by atoms with Crippen molar-refractivity contribution in [2.24, 2.45) is 0 Å². The summed E-state index contributed by atoms with van der Waals surface area (Å²) >= 11 is 1.39. The minimum atomic E-state index is -0.823. The third-order valence-electron chi connectivity index (χ3n) is 4.04. The monoisotopic (exact) mass is 364 g/mol. The molecule has 2 amide bonds. The van der Waals surface area contributed by atoms with E-state index in [2.05, 4.69) is 5.32 Å². The molecular formula is C18H24N2O4S. The number of nitrogens with zero attached hydrogens (tertiary/aromatic N) is 1. The Kier molecular flexibility index (Phi) is 7.78. The summed E-state index contributed by atoms with van der Waals surface area (Å²) in [6.45, 7) is 2.10. The maximum atomic E-state index is 12.3. The Morgan fingerprint density at radius 2 is 1.84 bits per heavy atom. The lowest BCUT2D eigenvalue weighted by atomic mass is 10.2. The Bertz CT molecular complexity index is 615. The van der Waals surface area contributed by atoms with Crippen molar-refractivity contribution in [3.8, 4) is 0 Å². The van der Waals surface area contributed by atoms with Crippen LogP contribution in [0.1, 0.15) is 42.5 Å². The number of hydrogen-bond acceptors (Lipinski definition) is 4. The number of aliphatic carboxylic acids is 1. The van der Waals surface area contributed by atoms with E-state index in [0.29, 0.717) is 30.7 Å². The molecule has 2 N–H and O–H groups in total. The maximum absolute atomic E-state index is 12.3. The van der Waals surface area contributed by atoms with Crippen LogP contribution < -0.4 is 5.32 Å². The fourth-order valence-corrected chi connectivity index (χ4v) is 3.63. The first-order chi connectivity index (χ1) is 12.1. The number of carbonyl (C=O) groups is 3. The molecule has 0 aliphatic carbocycles. The van der Waals surface area contributed by atoms with Crippen LogP contribution in [0.3, 0.4) is 0 Å². The van der Waals surface area contributed by atoms with Crippen molar-refractivity contribution >= 4 is 29.5 Å². The summed E-state index contributed by atoms with van der Waals surface area (Å²) < 4.78 is 0. The van der Waals surface area contributed by atoms with Crippen LogP contribution in [0, 0.1) is 0 Å². The molecule has 1 aliphatic rings. The van der Waals surface area contributed by atoms with Gasteiger partial charge in [-0.25, -0.2) is 0 Å². The van der Waals surface area contributed by atoms with E-state index in [1.807, 2.05) is 17.0 Å². The highest BCUT2D eigenvalue weighted by molar-refractivity contribution is 8.00. The largest absolute Gasteiger partial charge is 0.481 e. The number of carboxylic acid groups (broad SMARTS) is 1. The quantitative estimate of drug-likeness (QED) is 0.519. The second-order valence-electron chi connectivity index (χ2n) is 5.98. The van der Waals surface area contributed by atoms with Crippen molar-refractivity contribution in [1.82, 2.24) is 10.2 Å². The molecule has 1 fully saturated rings. The molecular weight excluding hydrogens is 340 g/mol. The average molecular weight is 364 g/mol. The van der Waals surface area contributed by atoms with Crippen LogP contribution in [0.4, 0.5) is 0 Å². The first-order valence-corrected chi connectivity index (χ1v) is 9.56. The van der Waals surface area contributed by atoms with Gasteiger partial charge in [0.25, 0.3) is 5.91 Å². The summed E-state index contributed by atoms with van der Waals surface area (Å²) in [7, 11) is 0. The third kappa shape index (κ3) is 6.42. The highest BCUT2D eigenvalue weighted by Gasteiger charge is 2.19. The van der Waals surface area contributed by atoms with Gasteiger partial charge in [-0.05, 0) is 37.8 Å². The number of rotatable bonds is 9. The Hall–Kier alpha value is -2.02. The first-order valence-electron chi connectivity index (χ1n) is 8.57. The molecule has 1 aromatic rings. The number of hydrogen-bond donors (Lipinski definition) is 2. The molecule has 0 radical (unpaired) electrons. The molecule has 0 unspecified atom stereocenters. The predicted octanol–water partition coefficient (Wildman–Crippen LogP) is 2.39. The van der Waals surface area contributed by atoms with E-state index in [-0.39, 0.29) is 18.2 Å². The lowest BCUT2D eigenvalue weighted by Gasteiger charge is -2.15. The van der Waals surface area contributed by atoms with Crippen molar-refractivity contribution in [2.75, 3.05) is 25.4 Å². The highest BCUT2D eigenvalue weighted by atomic mass is 32.2. The summed E-state index contributed by atoms with van der Waals surface area (Å²) in [5, 5.41) is 11.4. The normalized spacial score (nSPS) is 13.7. The van der Waals surface area contributed by atoms with Crippen molar-refractivity contribution in [3.05, 3.63) is 29.8 Å². The van der Waals surface area contributed by atoms with Crippen molar-refractivity contribution in [1.29, 1.82) is 0 Å². The Labute approximate surface area is 152 Å². The lowest BCUT2D eigenvalue weighted by Crippen LogP contribution is -2.29. The Morgan fingerprint density at radius 1 is 1.12 bits per heavy atom. The summed E-state index contributed by atoms with van der Waals surface area (Å²) in [5.74, 6) is -0.558. The van der Waals surface area contributed by atoms with Gasteiger partial charge in [0, 0.05) is 31.0 Å². The van der Waals surface area contributed by atoms with Gasteiger partial charge in [0.1, 0.15) is 0 Å². The second kappa shape index (κ2) is 10.1. The van der Waals surface area contributed by atoms with E-state index in [0.717, 1.165) is 30.8 Å². The summed E-state index contributed by atoms with van der Waals surface area (Å²) in [6.07, 6.45) is 3.41. The standard InChI is InChI=1S/C18H24N2O4S/c21-16(20-11-5-6-12-20)13-25-15-8-2-1-7-14(15)18(24)19-10-4-3-9-17(22)23/h1-2,7-8H,3-6,9-13H2,(H,19,24)(H,22,23). The van der Waals surface area contributed by atoms with E-state index in [4.69, 9.17) is 5.11 Å². The van der Waals surface area contributed by atoms with Gasteiger partial charge in [0.15, 0.2) is 0 Å². The van der Waals surface area contributed by atoms with Crippen LogP contribution in [0.2, 0.25) is 0 Å². The molecule has 6 nitrogen and oxygen atoms in total. The van der Waals surface area contributed by atoms with E-state index in [9.17, 15) is 14.4 Å². The van der Waals surface area contributed by atoms with E-state index < -0.39 is 5.97 Å². The Morgan fingerprint density at radius 3 is 2.56 bits per heavy atom. The van der Waals surface area contributed by atoms with E-state index >= 15 is 0 Å². The molecule has 0 aromatic heterocycles. The van der Waals surface area contributed by atoms with Crippen LogP contribution in [0.15, 0.2) is 29.2 Å². The van der Waals surface area contributed by atoms with E-state index in [1.165, 1.54) is 11.8 Å². The highest BCUT2D eigenvalue weighted by Crippen LogP contribution is 2.23. The molecule has 25 heavy (non-hydrogen) atoms. The number of carboxylic acids is 1. The molecule has 0 atom stereocenters. The zero-order chi connectivity index (χ0) is 18.1. The second-order valence-corrected chi connectivity index (χ2v) is 7.00. The Balaban J connectivity index is 1.83. The maximum Gasteiger partial charge on any atom is 0.303 e. The number of unbranched alkanes of at least 4 members (excludes halogenated alkanes) is 1. The van der Waals surface area contributed by atoms with Gasteiger partial charge in [-0.2, -0.15) is 0 Å². The molecule has 136 valence electrons. The van der Waals surface area contributed by atoms with Crippen LogP contribution in [0.5, 0.6) is 0 Å². The van der Waals surface area contributed by atoms with Gasteiger partial charge in [-0.1, -0.05) is 12.1 Å². The summed E-state index contributed by atoms with van der Waals surface area (Å²) in [5.41, 5.74) is 0.556. The predicted molar refractivity (Wildman–Crippen MR) is 96.8 cm³/mol. The molecule has 1 heterocycles. The molecule has 1 saturated heterocycles. The van der Waals surface area contributed by atoms with Crippen molar-refractivity contribution < 1.29 is 19.5 Å². The minimum Gasteiger partial charge on any atom is -0.481 e. The topological polar surface area (TPSA) is 86.7 Å². The average Bonchev–Trinajstić information content (AvgIpc) is 3.14. The molecule has 0 spiro atoms. The zero-order valence-corrected chi connectivity index (χ0v) is 15.0. The molecule has 0 bridgehead atoms. The number of likely N-dealkylation sites (tertiary alicyclic amines) is 1. The van der Waals surface area contributed by atoms with Gasteiger partial charge in [-0.3, -0.25) is 14.4 Å². The summed E-state index contributed by atoms with van der Waals surface area (Å²) in [4.78, 5) is 37.6. The van der Waals surface area contributed by atoms with Gasteiger partial charge < -0.3 is 15.3 Å². The lowest BCUT2D eigenvalue weighted by molar-refractivity contribution is -0.137. The van der Waals surface area contributed by atoms with Crippen molar-refractivity contribution in [3.63, 3.8) is 0 Å². The number of amides is 2. The number of nitrogens with one attached hydrogen (secondary N) is 1. The fourth-order valence-electron chi connectivity index (χ4n) is 2.68. The van der Waals surface area contributed by atoms with Crippen LogP contribution in [0.25, 0.3) is 0 Å². The van der Waals surface area contributed by atoms with Gasteiger partial charge in [-0.15, -0.1) is 11.8 Å². The van der Waals surface area contributed by atoms with Crippen LogP contribution >= 0.6 is 11.8 Å². The van der Waals surface area contributed by atoms with Gasteiger partial charge >= 0.3 is 5.97 Å². The van der Waals surface area contributed by atoms with Gasteiger partial charge in [0.05, 0.1) is 11.3 Å². The fraction of sp³-hybridized carbons (Fsp3) is 0.500. The minimum absolute atomic E-state index is 0.112. The van der Waals surface area contributed by atoms with Gasteiger partial charge in [0.2, 0.25) is 5.91 Å². The zero-order valence-electron chi connectivity index (χ0n) is 14.2. The van der Waals surface area contributed by atoms with Crippen LogP contribution in [-0.2, 0) is 9.59 Å². The van der Waals surface area contributed by atoms with Crippen molar-refractivity contribution in [2.45, 2.75) is 37.0 Å². The number of benzene rings is 1. The SMILES string of the molecule is O=C(O)CCCCNC(=O)c1ccccc1SCC(=O)N1CCCC1. The molecule has 7 heteroatoms. The molecule has 1 aliphatic heterocycles.